The molecule has 7 heteroatoms. The van der Waals surface area contributed by atoms with Gasteiger partial charge in [0.1, 0.15) is 0 Å². The number of nitrogens with zero attached hydrogens (tertiary/aromatic N) is 1. The molecule has 0 heterocycles. The van der Waals surface area contributed by atoms with E-state index in [0.717, 1.165) is 12.1 Å². The molecule has 0 unspecified atom stereocenters. The standard InChI is InChI=1S/C13H14F3NO3/c1-2-5-17(6-7-18)11-4-3-9(13(14,15)16)8-10(11)12(19)20/h2-4,8,18H,1,5-7H2,(H,19,20). The van der Waals surface area contributed by atoms with Crippen molar-refractivity contribution in [3.8, 4) is 0 Å². The van der Waals surface area contributed by atoms with Crippen LogP contribution in [0.4, 0.5) is 18.9 Å². The van der Waals surface area contributed by atoms with Crippen LogP contribution in [0.3, 0.4) is 0 Å². The van der Waals surface area contributed by atoms with Gasteiger partial charge in [-0.2, -0.15) is 13.2 Å². The Morgan fingerprint density at radius 2 is 2.05 bits per heavy atom. The van der Waals surface area contributed by atoms with Gasteiger partial charge < -0.3 is 15.1 Å². The van der Waals surface area contributed by atoms with E-state index in [1.807, 2.05) is 0 Å². The van der Waals surface area contributed by atoms with Crippen molar-refractivity contribution in [3.63, 3.8) is 0 Å². The molecular weight excluding hydrogens is 275 g/mol. The first-order valence-corrected chi connectivity index (χ1v) is 5.72. The van der Waals surface area contributed by atoms with Crippen molar-refractivity contribution in [1.82, 2.24) is 0 Å². The van der Waals surface area contributed by atoms with Crippen LogP contribution >= 0.6 is 0 Å². The number of anilines is 1. The monoisotopic (exact) mass is 289 g/mol. The zero-order valence-electron chi connectivity index (χ0n) is 10.5. The van der Waals surface area contributed by atoms with Crippen LogP contribution in [0.25, 0.3) is 0 Å². The quantitative estimate of drug-likeness (QED) is 0.789. The number of aromatic carboxylic acids is 1. The van der Waals surface area contributed by atoms with Gasteiger partial charge in [0.2, 0.25) is 0 Å². The minimum absolute atomic E-state index is 0.0949. The zero-order chi connectivity index (χ0) is 15.3. The van der Waals surface area contributed by atoms with Crippen molar-refractivity contribution in [2.45, 2.75) is 6.18 Å². The molecule has 2 N–H and O–H groups in total. The molecule has 0 amide bonds. The number of benzene rings is 1. The second-order valence-corrected chi connectivity index (χ2v) is 3.99. The molecule has 0 aromatic heterocycles. The normalized spacial score (nSPS) is 11.2. The number of aliphatic hydroxyl groups is 1. The van der Waals surface area contributed by atoms with E-state index < -0.39 is 23.3 Å². The van der Waals surface area contributed by atoms with Gasteiger partial charge in [-0.15, -0.1) is 6.58 Å². The molecule has 0 spiro atoms. The second-order valence-electron chi connectivity index (χ2n) is 3.99. The summed E-state index contributed by atoms with van der Waals surface area (Å²) in [4.78, 5) is 12.6. The van der Waals surface area contributed by atoms with Gasteiger partial charge in [-0.3, -0.25) is 0 Å². The minimum Gasteiger partial charge on any atom is -0.478 e. The maximum atomic E-state index is 12.6. The van der Waals surface area contributed by atoms with Crippen molar-refractivity contribution < 1.29 is 28.2 Å². The topological polar surface area (TPSA) is 60.8 Å². The number of aliphatic hydroxyl groups excluding tert-OH is 1. The number of hydrogen-bond donors (Lipinski definition) is 2. The lowest BCUT2D eigenvalue weighted by atomic mass is 10.1. The third-order valence-corrected chi connectivity index (χ3v) is 2.61. The molecule has 0 fully saturated rings. The molecule has 0 aliphatic carbocycles. The van der Waals surface area contributed by atoms with E-state index in [0.29, 0.717) is 6.07 Å². The van der Waals surface area contributed by atoms with Crippen LogP contribution in [0.1, 0.15) is 15.9 Å². The number of carboxylic acids is 1. The minimum atomic E-state index is -4.61. The fourth-order valence-corrected chi connectivity index (χ4v) is 1.75. The molecule has 0 radical (unpaired) electrons. The van der Waals surface area contributed by atoms with Crippen LogP contribution in [-0.2, 0) is 6.18 Å². The van der Waals surface area contributed by atoms with Gasteiger partial charge in [0.25, 0.3) is 0 Å². The first-order valence-electron chi connectivity index (χ1n) is 5.72. The first-order chi connectivity index (χ1) is 9.31. The average Bonchev–Trinajstić information content (AvgIpc) is 2.36. The summed E-state index contributed by atoms with van der Waals surface area (Å²) in [5, 5.41) is 18.0. The van der Waals surface area contributed by atoms with Gasteiger partial charge in [0.15, 0.2) is 0 Å². The largest absolute Gasteiger partial charge is 0.478 e. The van der Waals surface area contributed by atoms with Crippen LogP contribution in [0, 0.1) is 0 Å². The summed E-state index contributed by atoms with van der Waals surface area (Å²) in [6.07, 6.45) is -3.14. The smallest absolute Gasteiger partial charge is 0.416 e. The summed E-state index contributed by atoms with van der Waals surface area (Å²) in [6, 6.07) is 2.49. The number of carboxylic acid groups (broad SMARTS) is 1. The molecule has 1 rings (SSSR count). The van der Waals surface area contributed by atoms with E-state index in [-0.39, 0.29) is 25.4 Å². The lowest BCUT2D eigenvalue weighted by Crippen LogP contribution is -2.28. The third kappa shape index (κ3) is 3.74. The fourth-order valence-electron chi connectivity index (χ4n) is 1.75. The summed E-state index contributed by atoms with van der Waals surface area (Å²) in [5.74, 6) is -1.46. The lowest BCUT2D eigenvalue weighted by Gasteiger charge is -2.24. The number of carbonyl (C=O) groups is 1. The highest BCUT2D eigenvalue weighted by Crippen LogP contribution is 2.33. The Morgan fingerprint density at radius 1 is 1.40 bits per heavy atom. The zero-order valence-corrected chi connectivity index (χ0v) is 10.5. The molecular formula is C13H14F3NO3. The highest BCUT2D eigenvalue weighted by atomic mass is 19.4. The van der Waals surface area contributed by atoms with Gasteiger partial charge in [-0.1, -0.05) is 6.08 Å². The Hall–Kier alpha value is -2.02. The summed E-state index contributed by atoms with van der Waals surface area (Å²) in [7, 11) is 0. The van der Waals surface area contributed by atoms with E-state index in [9.17, 15) is 18.0 Å². The number of halogens is 3. The molecule has 110 valence electrons. The molecule has 0 saturated heterocycles. The SMILES string of the molecule is C=CCN(CCO)c1ccc(C(F)(F)F)cc1C(=O)O. The van der Waals surface area contributed by atoms with Crippen LogP contribution in [0.2, 0.25) is 0 Å². The molecule has 0 aliphatic heterocycles. The van der Waals surface area contributed by atoms with Gasteiger partial charge in [0, 0.05) is 13.1 Å². The second kappa shape index (κ2) is 6.42. The molecule has 0 atom stereocenters. The van der Waals surface area contributed by atoms with Crippen molar-refractivity contribution >= 4 is 11.7 Å². The van der Waals surface area contributed by atoms with Crippen LogP contribution in [0.15, 0.2) is 30.9 Å². The van der Waals surface area contributed by atoms with E-state index in [1.54, 1.807) is 0 Å². The predicted octanol–water partition coefficient (Wildman–Crippen LogP) is 2.39. The highest BCUT2D eigenvalue weighted by Gasteiger charge is 2.32. The Morgan fingerprint density at radius 3 is 2.50 bits per heavy atom. The van der Waals surface area contributed by atoms with Crippen molar-refractivity contribution in [3.05, 3.63) is 42.0 Å². The predicted molar refractivity (Wildman–Crippen MR) is 67.9 cm³/mol. The number of alkyl halides is 3. The summed E-state index contributed by atoms with van der Waals surface area (Å²) < 4.78 is 37.8. The third-order valence-electron chi connectivity index (χ3n) is 2.61. The van der Waals surface area contributed by atoms with Crippen molar-refractivity contribution in [2.24, 2.45) is 0 Å². The number of rotatable bonds is 6. The van der Waals surface area contributed by atoms with Crippen molar-refractivity contribution in [1.29, 1.82) is 0 Å². The summed E-state index contributed by atoms with van der Waals surface area (Å²) in [6.45, 7) is 3.54. The first kappa shape index (κ1) is 16.0. The average molecular weight is 289 g/mol. The maximum Gasteiger partial charge on any atom is 0.416 e. The Balaban J connectivity index is 3.31. The maximum absolute atomic E-state index is 12.6. The van der Waals surface area contributed by atoms with E-state index in [2.05, 4.69) is 6.58 Å². The van der Waals surface area contributed by atoms with Crippen LogP contribution in [-0.4, -0.2) is 35.9 Å². The summed E-state index contributed by atoms with van der Waals surface area (Å²) in [5.41, 5.74) is -1.38. The van der Waals surface area contributed by atoms with E-state index >= 15 is 0 Å². The Kier molecular flexibility index (Phi) is 5.15. The molecule has 0 bridgehead atoms. The van der Waals surface area contributed by atoms with Gasteiger partial charge in [-0.25, -0.2) is 4.79 Å². The molecule has 20 heavy (non-hydrogen) atoms. The molecule has 0 aliphatic rings. The molecule has 1 aromatic carbocycles. The molecule has 1 aromatic rings. The Bertz CT molecular complexity index is 500. The summed E-state index contributed by atoms with van der Waals surface area (Å²) >= 11 is 0. The van der Waals surface area contributed by atoms with Gasteiger partial charge >= 0.3 is 12.1 Å². The van der Waals surface area contributed by atoms with Crippen LogP contribution in [0.5, 0.6) is 0 Å². The van der Waals surface area contributed by atoms with Gasteiger partial charge in [-0.05, 0) is 18.2 Å². The lowest BCUT2D eigenvalue weighted by molar-refractivity contribution is -0.137. The molecule has 0 saturated carbocycles. The van der Waals surface area contributed by atoms with Gasteiger partial charge in [0.05, 0.1) is 23.4 Å². The highest BCUT2D eigenvalue weighted by molar-refractivity contribution is 5.94. The Labute approximate surface area is 113 Å². The van der Waals surface area contributed by atoms with Crippen molar-refractivity contribution in [2.75, 3.05) is 24.6 Å². The fraction of sp³-hybridized carbons (Fsp3) is 0.308. The molecule has 4 nitrogen and oxygen atoms in total. The van der Waals surface area contributed by atoms with E-state index in [1.165, 1.54) is 11.0 Å². The van der Waals surface area contributed by atoms with E-state index in [4.69, 9.17) is 10.2 Å². The number of hydrogen-bond acceptors (Lipinski definition) is 3. The van der Waals surface area contributed by atoms with Crippen LogP contribution < -0.4 is 4.90 Å².